The molecule has 1 saturated carbocycles. The summed E-state index contributed by atoms with van der Waals surface area (Å²) < 4.78 is 0. The minimum Gasteiger partial charge on any atom is -0.350 e. The summed E-state index contributed by atoms with van der Waals surface area (Å²) in [6.07, 6.45) is 13.1. The molecule has 4 rings (SSSR count). The molecular weight excluding hydrogens is 348 g/mol. The lowest BCUT2D eigenvalue weighted by molar-refractivity contribution is -0.128. The molecule has 1 aromatic heterocycles. The van der Waals surface area contributed by atoms with Crippen LogP contribution in [0.3, 0.4) is 0 Å². The third kappa shape index (κ3) is 4.93. The molecule has 5 nitrogen and oxygen atoms in total. The third-order valence-electron chi connectivity index (χ3n) is 7.02. The fourth-order valence-electron chi connectivity index (χ4n) is 5.17. The molecule has 0 radical (unpaired) electrons. The van der Waals surface area contributed by atoms with E-state index < -0.39 is 0 Å². The van der Waals surface area contributed by atoms with Gasteiger partial charge in [0.1, 0.15) is 0 Å². The topological polar surface area (TPSA) is 48.5 Å². The van der Waals surface area contributed by atoms with E-state index in [1.807, 2.05) is 12.4 Å². The molecule has 1 aromatic rings. The highest BCUT2D eigenvalue weighted by Gasteiger charge is 2.44. The van der Waals surface area contributed by atoms with Gasteiger partial charge in [0.15, 0.2) is 0 Å². The van der Waals surface area contributed by atoms with Crippen molar-refractivity contribution in [3.63, 3.8) is 0 Å². The maximum atomic E-state index is 12.9. The Balaban J connectivity index is 1.24. The molecule has 3 fully saturated rings. The van der Waals surface area contributed by atoms with E-state index in [0.29, 0.717) is 11.9 Å². The smallest absolute Gasteiger partial charge is 0.224 e. The highest BCUT2D eigenvalue weighted by molar-refractivity contribution is 5.80. The van der Waals surface area contributed by atoms with Crippen LogP contribution in [0, 0.1) is 5.92 Å². The summed E-state index contributed by atoms with van der Waals surface area (Å²) in [6.45, 7) is 7.68. The first-order chi connectivity index (χ1) is 13.7. The van der Waals surface area contributed by atoms with Gasteiger partial charge >= 0.3 is 0 Å². The van der Waals surface area contributed by atoms with Crippen molar-refractivity contribution in [1.82, 2.24) is 20.1 Å². The Labute approximate surface area is 169 Å². The van der Waals surface area contributed by atoms with Gasteiger partial charge in [-0.2, -0.15) is 0 Å². The number of hydrogen-bond donors (Lipinski definition) is 1. The zero-order valence-corrected chi connectivity index (χ0v) is 17.4. The number of pyridine rings is 1. The number of nitrogens with one attached hydrogen (secondary N) is 1. The Kier molecular flexibility index (Phi) is 6.32. The van der Waals surface area contributed by atoms with Gasteiger partial charge in [-0.25, -0.2) is 0 Å². The van der Waals surface area contributed by atoms with Crippen molar-refractivity contribution in [3.05, 3.63) is 30.1 Å². The first kappa shape index (κ1) is 19.8. The lowest BCUT2D eigenvalue weighted by atomic mass is 9.92. The highest BCUT2D eigenvalue weighted by Crippen LogP contribution is 2.40. The zero-order valence-electron chi connectivity index (χ0n) is 17.4. The van der Waals surface area contributed by atoms with Crippen molar-refractivity contribution in [2.24, 2.45) is 5.92 Å². The van der Waals surface area contributed by atoms with Gasteiger partial charge in [0.2, 0.25) is 5.91 Å². The van der Waals surface area contributed by atoms with E-state index in [0.717, 1.165) is 51.9 Å². The second-order valence-electron chi connectivity index (χ2n) is 9.22. The minimum atomic E-state index is 0.159. The van der Waals surface area contributed by atoms with Crippen molar-refractivity contribution in [1.29, 1.82) is 0 Å². The van der Waals surface area contributed by atoms with E-state index >= 15 is 0 Å². The molecule has 1 unspecified atom stereocenters. The summed E-state index contributed by atoms with van der Waals surface area (Å²) in [4.78, 5) is 22.2. The molecule has 3 heterocycles. The molecule has 28 heavy (non-hydrogen) atoms. The lowest BCUT2D eigenvalue weighted by Crippen LogP contribution is -2.51. The normalized spacial score (nSPS) is 26.1. The van der Waals surface area contributed by atoms with Gasteiger partial charge in [-0.05, 0) is 82.3 Å². The number of rotatable bonds is 7. The van der Waals surface area contributed by atoms with Crippen LogP contribution in [0.4, 0.5) is 0 Å². The quantitative estimate of drug-likeness (QED) is 0.784. The zero-order chi connectivity index (χ0) is 19.4. The molecule has 154 valence electrons. The number of piperidine rings is 2. The van der Waals surface area contributed by atoms with Crippen LogP contribution in [0.5, 0.6) is 0 Å². The second-order valence-corrected chi connectivity index (χ2v) is 9.22. The van der Waals surface area contributed by atoms with Crippen LogP contribution >= 0.6 is 0 Å². The monoisotopic (exact) mass is 384 g/mol. The van der Waals surface area contributed by atoms with Crippen molar-refractivity contribution in [2.45, 2.75) is 76.4 Å². The van der Waals surface area contributed by atoms with Crippen LogP contribution in [0.1, 0.15) is 63.9 Å². The summed E-state index contributed by atoms with van der Waals surface area (Å²) in [6, 6.07) is 4.88. The van der Waals surface area contributed by atoms with Crippen molar-refractivity contribution >= 4 is 5.91 Å². The largest absolute Gasteiger partial charge is 0.350 e. The first-order valence-electron chi connectivity index (χ1n) is 11.3. The van der Waals surface area contributed by atoms with E-state index in [1.54, 1.807) is 0 Å². The Morgan fingerprint density at radius 2 is 1.93 bits per heavy atom. The average Bonchev–Trinajstić information content (AvgIpc) is 3.49. The first-order valence-corrected chi connectivity index (χ1v) is 11.3. The Morgan fingerprint density at radius 3 is 2.61 bits per heavy atom. The minimum absolute atomic E-state index is 0.159. The molecule has 1 amide bonds. The maximum absolute atomic E-state index is 12.9. The SMILES string of the molecule is CCCC1(NC(=O)C2CCCN(C3CCN(Cc4ccncc4)CC3)C2)CC1. The van der Waals surface area contributed by atoms with Gasteiger partial charge < -0.3 is 5.32 Å². The molecule has 3 aliphatic rings. The molecule has 0 spiro atoms. The summed E-state index contributed by atoms with van der Waals surface area (Å²) in [5.41, 5.74) is 1.51. The van der Waals surface area contributed by atoms with Crippen molar-refractivity contribution < 1.29 is 4.79 Å². The number of aromatic nitrogens is 1. The lowest BCUT2D eigenvalue weighted by Gasteiger charge is -2.42. The maximum Gasteiger partial charge on any atom is 0.224 e. The van der Waals surface area contributed by atoms with E-state index in [4.69, 9.17) is 0 Å². The molecule has 2 aliphatic heterocycles. The predicted octanol–water partition coefficient (Wildman–Crippen LogP) is 3.21. The van der Waals surface area contributed by atoms with Crippen LogP contribution in [0.2, 0.25) is 0 Å². The number of likely N-dealkylation sites (tertiary alicyclic amines) is 2. The van der Waals surface area contributed by atoms with Crippen LogP contribution in [0.25, 0.3) is 0 Å². The second kappa shape index (κ2) is 8.91. The molecule has 1 N–H and O–H groups in total. The molecule has 2 saturated heterocycles. The number of amides is 1. The summed E-state index contributed by atoms with van der Waals surface area (Å²) in [5.74, 6) is 0.517. The van der Waals surface area contributed by atoms with Gasteiger partial charge in [0, 0.05) is 37.1 Å². The molecule has 0 aromatic carbocycles. The van der Waals surface area contributed by atoms with Gasteiger partial charge in [-0.1, -0.05) is 13.3 Å². The van der Waals surface area contributed by atoms with E-state index in [9.17, 15) is 4.79 Å². The fraction of sp³-hybridized carbons (Fsp3) is 0.739. The predicted molar refractivity (Wildman–Crippen MR) is 112 cm³/mol. The average molecular weight is 385 g/mol. The van der Waals surface area contributed by atoms with E-state index in [1.165, 1.54) is 37.8 Å². The standard InChI is InChI=1S/C23H36N4O/c1-2-9-23(10-11-23)25-22(28)20-4-3-14-27(18-20)21-7-15-26(16-8-21)17-19-5-12-24-13-6-19/h5-6,12-13,20-21H,2-4,7-11,14-18H2,1H3,(H,25,28). The van der Waals surface area contributed by atoms with Gasteiger partial charge in [-0.15, -0.1) is 0 Å². The molecule has 1 aliphatic carbocycles. The summed E-state index contributed by atoms with van der Waals surface area (Å²) in [5, 5.41) is 3.42. The van der Waals surface area contributed by atoms with E-state index in [2.05, 4.69) is 39.2 Å². The Bertz CT molecular complexity index is 637. The van der Waals surface area contributed by atoms with E-state index in [-0.39, 0.29) is 11.5 Å². The fourth-order valence-corrected chi connectivity index (χ4v) is 5.17. The van der Waals surface area contributed by atoms with Gasteiger partial charge in [0.05, 0.1) is 5.92 Å². The van der Waals surface area contributed by atoms with Gasteiger partial charge in [0.25, 0.3) is 0 Å². The third-order valence-corrected chi connectivity index (χ3v) is 7.02. The van der Waals surface area contributed by atoms with Crippen LogP contribution in [-0.2, 0) is 11.3 Å². The summed E-state index contributed by atoms with van der Waals surface area (Å²) in [7, 11) is 0. The molecule has 0 bridgehead atoms. The van der Waals surface area contributed by atoms with Gasteiger partial charge in [-0.3, -0.25) is 19.6 Å². The highest BCUT2D eigenvalue weighted by atomic mass is 16.2. The number of nitrogens with zero attached hydrogens (tertiary/aromatic N) is 3. The number of carbonyl (C=O) groups excluding carboxylic acids is 1. The number of carbonyl (C=O) groups is 1. The van der Waals surface area contributed by atoms with Crippen LogP contribution in [-0.4, -0.2) is 58.5 Å². The Morgan fingerprint density at radius 1 is 1.18 bits per heavy atom. The molecule has 1 atom stereocenters. The molecular formula is C23H36N4O. The Hall–Kier alpha value is -1.46. The van der Waals surface area contributed by atoms with Crippen LogP contribution in [0.15, 0.2) is 24.5 Å². The molecule has 5 heteroatoms. The van der Waals surface area contributed by atoms with Crippen molar-refractivity contribution in [3.8, 4) is 0 Å². The number of hydrogen-bond acceptors (Lipinski definition) is 4. The van der Waals surface area contributed by atoms with Crippen LogP contribution < -0.4 is 5.32 Å². The van der Waals surface area contributed by atoms with Crippen molar-refractivity contribution in [2.75, 3.05) is 26.2 Å². The summed E-state index contributed by atoms with van der Waals surface area (Å²) >= 11 is 0.